The summed E-state index contributed by atoms with van der Waals surface area (Å²) in [5.41, 5.74) is 5.66. The van der Waals surface area contributed by atoms with Gasteiger partial charge in [-0.1, -0.05) is 43.7 Å². The summed E-state index contributed by atoms with van der Waals surface area (Å²) in [6, 6.07) is 6.89. The number of Topliss-reactive ketones (excluding diaryl/α,β-unsaturated/α-hetero) is 1. The highest BCUT2D eigenvalue weighted by atomic mass is 16.1. The van der Waals surface area contributed by atoms with Gasteiger partial charge in [0.25, 0.3) is 0 Å². The molecule has 1 aromatic rings. The van der Waals surface area contributed by atoms with E-state index in [1.54, 1.807) is 5.57 Å². The Hall–Kier alpha value is -1.37. The van der Waals surface area contributed by atoms with Crippen molar-refractivity contribution >= 4 is 5.78 Å². The molecule has 1 fully saturated rings. The van der Waals surface area contributed by atoms with Crippen molar-refractivity contribution in [1.82, 2.24) is 0 Å². The van der Waals surface area contributed by atoms with E-state index in [1.807, 2.05) is 0 Å². The maximum absolute atomic E-state index is 12.9. The lowest BCUT2D eigenvalue weighted by atomic mass is 9.63. The smallest absolute Gasteiger partial charge is 0.144 e. The summed E-state index contributed by atoms with van der Waals surface area (Å²) in [6.07, 6.45) is 8.53. The van der Waals surface area contributed by atoms with Crippen LogP contribution in [0.2, 0.25) is 0 Å². The Labute approximate surface area is 127 Å². The predicted octanol–water partition coefficient (Wildman–Crippen LogP) is 4.28. The van der Waals surface area contributed by atoms with Gasteiger partial charge in [0.15, 0.2) is 0 Å². The molecule has 0 saturated heterocycles. The largest absolute Gasteiger partial charge is 0.299 e. The molecule has 4 rings (SSSR count). The molecule has 2 atom stereocenters. The van der Waals surface area contributed by atoms with Crippen LogP contribution in [0.5, 0.6) is 0 Å². The van der Waals surface area contributed by atoms with Crippen LogP contribution in [0.25, 0.3) is 0 Å². The van der Waals surface area contributed by atoms with Crippen LogP contribution >= 0.6 is 0 Å². The fourth-order valence-electron chi connectivity index (χ4n) is 4.84. The number of rotatable bonds is 2. The quantitative estimate of drug-likeness (QED) is 0.739. The zero-order valence-electron chi connectivity index (χ0n) is 13.1. The van der Waals surface area contributed by atoms with Crippen LogP contribution in [-0.2, 0) is 24.1 Å². The van der Waals surface area contributed by atoms with Crippen molar-refractivity contribution < 1.29 is 4.79 Å². The second kappa shape index (κ2) is 4.56. The van der Waals surface area contributed by atoms with E-state index in [0.29, 0.717) is 24.0 Å². The van der Waals surface area contributed by atoms with Crippen molar-refractivity contribution in [3.63, 3.8) is 0 Å². The Morgan fingerprint density at radius 3 is 2.76 bits per heavy atom. The Morgan fingerprint density at radius 2 is 2.10 bits per heavy atom. The SMILES string of the molecule is CC(C)Cc1ccc2c(c1)CC(=O)C1(CC3=CCC1C3)C2. The number of hydrogen-bond donors (Lipinski definition) is 0. The van der Waals surface area contributed by atoms with Crippen molar-refractivity contribution in [2.24, 2.45) is 17.3 Å². The van der Waals surface area contributed by atoms with Crippen molar-refractivity contribution in [1.29, 1.82) is 0 Å². The average molecular weight is 280 g/mol. The molecule has 1 aromatic carbocycles. The third-order valence-corrected chi connectivity index (χ3v) is 5.85. The number of benzene rings is 1. The minimum Gasteiger partial charge on any atom is -0.299 e. The van der Waals surface area contributed by atoms with Gasteiger partial charge in [0.05, 0.1) is 0 Å². The highest BCUT2D eigenvalue weighted by molar-refractivity contribution is 5.90. The molecule has 1 spiro atoms. The van der Waals surface area contributed by atoms with E-state index in [9.17, 15) is 4.79 Å². The second-order valence-corrected chi connectivity index (χ2v) is 7.81. The van der Waals surface area contributed by atoms with Gasteiger partial charge in [-0.05, 0) is 60.6 Å². The molecule has 1 heteroatoms. The number of fused-ring (bicyclic) bond motifs is 4. The summed E-state index contributed by atoms with van der Waals surface area (Å²) >= 11 is 0. The number of allylic oxidation sites excluding steroid dienone is 2. The number of carbonyl (C=O) groups excluding carboxylic acids is 1. The molecule has 0 heterocycles. The minimum atomic E-state index is -0.0311. The molecule has 110 valence electrons. The maximum atomic E-state index is 12.9. The van der Waals surface area contributed by atoms with E-state index < -0.39 is 0 Å². The van der Waals surface area contributed by atoms with Gasteiger partial charge in [-0.25, -0.2) is 0 Å². The Bertz CT molecular complexity index is 637. The van der Waals surface area contributed by atoms with E-state index in [1.165, 1.54) is 23.1 Å². The van der Waals surface area contributed by atoms with E-state index >= 15 is 0 Å². The van der Waals surface area contributed by atoms with Crippen LogP contribution in [0.4, 0.5) is 0 Å². The summed E-state index contributed by atoms with van der Waals surface area (Å²) in [5, 5.41) is 0. The average Bonchev–Trinajstić information content (AvgIpc) is 3.01. The normalized spacial score (nSPS) is 30.1. The standard InChI is InChI=1S/C20H24O/c1-13(2)7-14-3-5-16-12-20(19(21)10-17(16)8-14)11-15-4-6-18(20)9-15/h3-5,8,13,18H,6-7,9-12H2,1-2H3. The van der Waals surface area contributed by atoms with Crippen LogP contribution in [0.15, 0.2) is 29.8 Å². The van der Waals surface area contributed by atoms with Crippen molar-refractivity contribution in [3.05, 3.63) is 46.5 Å². The summed E-state index contributed by atoms with van der Waals surface area (Å²) in [4.78, 5) is 12.9. The zero-order chi connectivity index (χ0) is 14.6. The van der Waals surface area contributed by atoms with E-state index in [4.69, 9.17) is 0 Å². The van der Waals surface area contributed by atoms with Crippen molar-refractivity contribution in [3.8, 4) is 0 Å². The van der Waals surface area contributed by atoms with E-state index in [-0.39, 0.29) is 5.41 Å². The first-order valence-corrected chi connectivity index (χ1v) is 8.39. The van der Waals surface area contributed by atoms with E-state index in [2.05, 4.69) is 38.1 Å². The van der Waals surface area contributed by atoms with Gasteiger partial charge in [-0.15, -0.1) is 0 Å². The van der Waals surface area contributed by atoms with Crippen LogP contribution in [0, 0.1) is 17.3 Å². The molecule has 3 aliphatic carbocycles. The third kappa shape index (κ3) is 2.01. The molecule has 2 unspecified atom stereocenters. The van der Waals surface area contributed by atoms with Gasteiger partial charge < -0.3 is 0 Å². The molecule has 1 nitrogen and oxygen atoms in total. The molecule has 0 amide bonds. The molecule has 2 bridgehead atoms. The minimum absolute atomic E-state index is 0.0311. The maximum Gasteiger partial charge on any atom is 0.144 e. The lowest BCUT2D eigenvalue weighted by Gasteiger charge is -2.39. The zero-order valence-corrected chi connectivity index (χ0v) is 13.1. The molecule has 0 N–H and O–H groups in total. The topological polar surface area (TPSA) is 17.1 Å². The fraction of sp³-hybridized carbons (Fsp3) is 0.550. The molecule has 0 aliphatic heterocycles. The molecule has 0 radical (unpaired) electrons. The Morgan fingerprint density at radius 1 is 1.24 bits per heavy atom. The molecular weight excluding hydrogens is 256 g/mol. The van der Waals surface area contributed by atoms with Crippen LogP contribution in [0.1, 0.15) is 49.8 Å². The molecule has 1 saturated carbocycles. The molecule has 3 aliphatic rings. The first-order chi connectivity index (χ1) is 10.1. The van der Waals surface area contributed by atoms with Crippen LogP contribution in [-0.4, -0.2) is 5.78 Å². The lowest BCUT2D eigenvalue weighted by molar-refractivity contribution is -0.131. The highest BCUT2D eigenvalue weighted by Crippen LogP contribution is 2.56. The lowest BCUT2D eigenvalue weighted by Crippen LogP contribution is -2.42. The van der Waals surface area contributed by atoms with Gasteiger partial charge >= 0.3 is 0 Å². The van der Waals surface area contributed by atoms with Gasteiger partial charge in [0.2, 0.25) is 0 Å². The first-order valence-electron chi connectivity index (χ1n) is 8.39. The summed E-state index contributed by atoms with van der Waals surface area (Å²) in [5.74, 6) is 1.79. The van der Waals surface area contributed by atoms with Gasteiger partial charge in [0, 0.05) is 11.8 Å². The molecule has 21 heavy (non-hydrogen) atoms. The van der Waals surface area contributed by atoms with Crippen LogP contribution in [0.3, 0.4) is 0 Å². The first kappa shape index (κ1) is 13.3. The van der Waals surface area contributed by atoms with E-state index in [0.717, 1.165) is 25.7 Å². The highest BCUT2D eigenvalue weighted by Gasteiger charge is 2.53. The number of hydrogen-bond acceptors (Lipinski definition) is 1. The predicted molar refractivity (Wildman–Crippen MR) is 85.3 cm³/mol. The molecule has 0 aromatic heterocycles. The van der Waals surface area contributed by atoms with Crippen molar-refractivity contribution in [2.45, 2.75) is 52.4 Å². The van der Waals surface area contributed by atoms with Crippen molar-refractivity contribution in [2.75, 3.05) is 0 Å². The summed E-state index contributed by atoms with van der Waals surface area (Å²) in [6.45, 7) is 4.51. The summed E-state index contributed by atoms with van der Waals surface area (Å²) < 4.78 is 0. The summed E-state index contributed by atoms with van der Waals surface area (Å²) in [7, 11) is 0. The second-order valence-electron chi connectivity index (χ2n) is 7.81. The Kier molecular flexibility index (Phi) is 2.89. The van der Waals surface area contributed by atoms with Gasteiger partial charge in [0.1, 0.15) is 5.78 Å². The van der Waals surface area contributed by atoms with Gasteiger partial charge in [-0.3, -0.25) is 4.79 Å². The van der Waals surface area contributed by atoms with Crippen LogP contribution < -0.4 is 0 Å². The Balaban J connectivity index is 1.67. The third-order valence-electron chi connectivity index (χ3n) is 5.85. The fourth-order valence-corrected chi connectivity index (χ4v) is 4.84. The molecular formula is C20H24O. The number of ketones is 1. The van der Waals surface area contributed by atoms with Gasteiger partial charge in [-0.2, -0.15) is 0 Å². The monoisotopic (exact) mass is 280 g/mol. The number of carbonyl (C=O) groups is 1.